The molecule has 3 aromatic rings. The molecule has 2 aromatic carbocycles. The fourth-order valence-electron chi connectivity index (χ4n) is 2.80. The third-order valence-electron chi connectivity index (χ3n) is 4.16. The summed E-state index contributed by atoms with van der Waals surface area (Å²) in [7, 11) is 0. The van der Waals surface area contributed by atoms with Crippen molar-refractivity contribution in [1.29, 1.82) is 0 Å². The van der Waals surface area contributed by atoms with Crippen molar-refractivity contribution < 1.29 is 0 Å². The Labute approximate surface area is 120 Å². The van der Waals surface area contributed by atoms with E-state index in [1.807, 2.05) is 0 Å². The van der Waals surface area contributed by atoms with E-state index < -0.39 is 0 Å². The smallest absolute Gasteiger partial charge is 0.0486 e. The minimum atomic E-state index is 0.608. The van der Waals surface area contributed by atoms with Crippen molar-refractivity contribution in [3.63, 3.8) is 0 Å². The van der Waals surface area contributed by atoms with Crippen LogP contribution in [0.3, 0.4) is 0 Å². The lowest BCUT2D eigenvalue weighted by atomic mass is 9.98. The van der Waals surface area contributed by atoms with Gasteiger partial charge in [-0.2, -0.15) is 0 Å². The first-order chi connectivity index (χ1) is 9.79. The van der Waals surface area contributed by atoms with E-state index in [1.54, 1.807) is 0 Å². The van der Waals surface area contributed by atoms with Gasteiger partial charge in [-0.1, -0.05) is 62.4 Å². The van der Waals surface area contributed by atoms with Crippen LogP contribution < -0.4 is 0 Å². The number of hydrogen-bond acceptors (Lipinski definition) is 0. The van der Waals surface area contributed by atoms with Gasteiger partial charge in [-0.25, -0.2) is 0 Å². The van der Waals surface area contributed by atoms with E-state index in [2.05, 4.69) is 79.2 Å². The fraction of sp³-hybridized carbons (Fsp3) is 0.263. The molecule has 0 N–H and O–H groups in total. The maximum atomic E-state index is 2.38. The van der Waals surface area contributed by atoms with Crippen LogP contribution in [-0.2, 0) is 6.54 Å². The Bertz CT molecular complexity index is 694. The van der Waals surface area contributed by atoms with Gasteiger partial charge in [0.25, 0.3) is 0 Å². The van der Waals surface area contributed by atoms with E-state index in [1.165, 1.54) is 28.5 Å². The average molecular weight is 263 g/mol. The molecule has 0 aliphatic rings. The van der Waals surface area contributed by atoms with Crippen molar-refractivity contribution in [2.45, 2.75) is 32.7 Å². The monoisotopic (exact) mass is 263 g/mol. The highest BCUT2D eigenvalue weighted by atomic mass is 15.0. The Morgan fingerprint density at radius 2 is 1.65 bits per heavy atom. The normalized spacial score (nSPS) is 12.7. The minimum absolute atomic E-state index is 0.608. The molecule has 0 amide bonds. The average Bonchev–Trinajstić information content (AvgIpc) is 2.87. The van der Waals surface area contributed by atoms with E-state index in [-0.39, 0.29) is 0 Å². The molecule has 102 valence electrons. The zero-order chi connectivity index (χ0) is 13.9. The first-order valence-corrected chi connectivity index (χ1v) is 7.41. The maximum absolute atomic E-state index is 2.38. The summed E-state index contributed by atoms with van der Waals surface area (Å²) in [4.78, 5) is 0. The molecule has 1 atom stereocenters. The van der Waals surface area contributed by atoms with E-state index in [0.717, 1.165) is 6.54 Å². The summed E-state index contributed by atoms with van der Waals surface area (Å²) >= 11 is 0. The van der Waals surface area contributed by atoms with E-state index >= 15 is 0 Å². The summed E-state index contributed by atoms with van der Waals surface area (Å²) in [5, 5.41) is 1.40. The van der Waals surface area contributed by atoms with Gasteiger partial charge in [0.2, 0.25) is 0 Å². The molecule has 0 saturated heterocycles. The number of hydrogen-bond donors (Lipinski definition) is 0. The van der Waals surface area contributed by atoms with Crippen molar-refractivity contribution in [3.05, 3.63) is 71.9 Å². The van der Waals surface area contributed by atoms with Gasteiger partial charge in [0.1, 0.15) is 0 Å². The van der Waals surface area contributed by atoms with Crippen LogP contribution in [-0.4, -0.2) is 4.57 Å². The summed E-state index contributed by atoms with van der Waals surface area (Å²) in [6.45, 7) is 5.51. The van der Waals surface area contributed by atoms with Crippen LogP contribution in [0.15, 0.2) is 60.8 Å². The van der Waals surface area contributed by atoms with Crippen LogP contribution in [0, 0.1) is 0 Å². The third kappa shape index (κ3) is 2.36. The second-order valence-corrected chi connectivity index (χ2v) is 5.52. The number of benzene rings is 2. The summed E-state index contributed by atoms with van der Waals surface area (Å²) in [5.74, 6) is 0.608. The lowest BCUT2D eigenvalue weighted by Crippen LogP contribution is -1.97. The van der Waals surface area contributed by atoms with Gasteiger partial charge < -0.3 is 4.57 Å². The van der Waals surface area contributed by atoms with Crippen LogP contribution in [0.2, 0.25) is 0 Å². The van der Waals surface area contributed by atoms with Crippen molar-refractivity contribution in [2.75, 3.05) is 0 Å². The summed E-state index contributed by atoms with van der Waals surface area (Å²) in [6.07, 6.45) is 3.52. The van der Waals surface area contributed by atoms with E-state index in [0.29, 0.717) is 5.92 Å². The second-order valence-electron chi connectivity index (χ2n) is 5.52. The topological polar surface area (TPSA) is 4.93 Å². The molecule has 1 aromatic heterocycles. The largest absolute Gasteiger partial charge is 0.343 e. The first-order valence-electron chi connectivity index (χ1n) is 7.41. The highest BCUT2D eigenvalue weighted by Crippen LogP contribution is 2.29. The van der Waals surface area contributed by atoms with Gasteiger partial charge in [-0.05, 0) is 29.5 Å². The van der Waals surface area contributed by atoms with Crippen LogP contribution >= 0.6 is 0 Å². The molecule has 1 unspecified atom stereocenters. The quantitative estimate of drug-likeness (QED) is 0.609. The molecule has 3 rings (SSSR count). The number of rotatable bonds is 4. The molecule has 0 radical (unpaired) electrons. The SMILES string of the molecule is CCC(C)c1cn(Cc2ccccc2)c2ccccc12. The van der Waals surface area contributed by atoms with Crippen LogP contribution in [0.25, 0.3) is 10.9 Å². The van der Waals surface area contributed by atoms with Crippen LogP contribution in [0.4, 0.5) is 0 Å². The van der Waals surface area contributed by atoms with Gasteiger partial charge in [-0.15, -0.1) is 0 Å². The molecule has 0 saturated carbocycles. The summed E-state index contributed by atoms with van der Waals surface area (Å²) < 4.78 is 2.38. The van der Waals surface area contributed by atoms with Crippen molar-refractivity contribution in [3.8, 4) is 0 Å². The highest BCUT2D eigenvalue weighted by molar-refractivity contribution is 5.84. The Morgan fingerprint density at radius 3 is 2.40 bits per heavy atom. The number of para-hydroxylation sites is 1. The molecular weight excluding hydrogens is 242 g/mol. The van der Waals surface area contributed by atoms with Gasteiger partial charge >= 0.3 is 0 Å². The van der Waals surface area contributed by atoms with E-state index in [9.17, 15) is 0 Å². The van der Waals surface area contributed by atoms with E-state index in [4.69, 9.17) is 0 Å². The molecule has 0 fully saturated rings. The lowest BCUT2D eigenvalue weighted by molar-refractivity contribution is 0.729. The molecule has 1 nitrogen and oxygen atoms in total. The first kappa shape index (κ1) is 13.0. The molecule has 0 spiro atoms. The third-order valence-corrected chi connectivity index (χ3v) is 4.16. The number of fused-ring (bicyclic) bond motifs is 1. The van der Waals surface area contributed by atoms with Gasteiger partial charge in [0.15, 0.2) is 0 Å². The molecular formula is C19H21N. The van der Waals surface area contributed by atoms with Gasteiger partial charge in [0, 0.05) is 23.6 Å². The molecule has 1 heteroatoms. The molecule has 0 aliphatic heterocycles. The van der Waals surface area contributed by atoms with Crippen molar-refractivity contribution in [2.24, 2.45) is 0 Å². The number of aromatic nitrogens is 1. The Morgan fingerprint density at radius 1 is 0.950 bits per heavy atom. The van der Waals surface area contributed by atoms with Crippen LogP contribution in [0.5, 0.6) is 0 Å². The number of nitrogens with zero attached hydrogens (tertiary/aromatic N) is 1. The highest BCUT2D eigenvalue weighted by Gasteiger charge is 2.12. The minimum Gasteiger partial charge on any atom is -0.343 e. The van der Waals surface area contributed by atoms with Gasteiger partial charge in [-0.3, -0.25) is 0 Å². The van der Waals surface area contributed by atoms with Crippen molar-refractivity contribution >= 4 is 10.9 Å². The van der Waals surface area contributed by atoms with Crippen molar-refractivity contribution in [1.82, 2.24) is 4.57 Å². The molecule has 1 heterocycles. The predicted molar refractivity (Wildman–Crippen MR) is 86.2 cm³/mol. The summed E-state index contributed by atoms with van der Waals surface area (Å²) in [5.41, 5.74) is 4.16. The van der Waals surface area contributed by atoms with Crippen LogP contribution in [0.1, 0.15) is 37.3 Å². The Balaban J connectivity index is 2.07. The summed E-state index contributed by atoms with van der Waals surface area (Å²) in [6, 6.07) is 19.4. The maximum Gasteiger partial charge on any atom is 0.0486 e. The fourth-order valence-corrected chi connectivity index (χ4v) is 2.80. The Hall–Kier alpha value is -2.02. The molecule has 0 aliphatic carbocycles. The Kier molecular flexibility index (Phi) is 3.60. The van der Waals surface area contributed by atoms with Gasteiger partial charge in [0.05, 0.1) is 0 Å². The standard InChI is InChI=1S/C19H21N/c1-3-15(2)18-14-20(13-16-9-5-4-6-10-16)19-12-8-7-11-17(18)19/h4-12,14-15H,3,13H2,1-2H3. The molecule has 0 bridgehead atoms. The second kappa shape index (κ2) is 5.54. The zero-order valence-electron chi connectivity index (χ0n) is 12.2. The zero-order valence-corrected chi connectivity index (χ0v) is 12.2. The lowest BCUT2D eigenvalue weighted by Gasteiger charge is -2.06. The molecule has 20 heavy (non-hydrogen) atoms. The predicted octanol–water partition coefficient (Wildman–Crippen LogP) is 5.20.